The highest BCUT2D eigenvalue weighted by Crippen LogP contribution is 2.40. The molecule has 0 aromatic heterocycles. The van der Waals surface area contributed by atoms with Crippen LogP contribution < -0.4 is 5.32 Å². The molecule has 2 aromatic rings. The van der Waals surface area contributed by atoms with Gasteiger partial charge in [0.05, 0.1) is 16.5 Å². The lowest BCUT2D eigenvalue weighted by molar-refractivity contribution is -0.384. The first kappa shape index (κ1) is 27.0. The summed E-state index contributed by atoms with van der Waals surface area (Å²) in [6.45, 7) is 7.76. The van der Waals surface area contributed by atoms with Crippen LogP contribution in [0.25, 0.3) is 0 Å². The van der Waals surface area contributed by atoms with Crippen LogP contribution >= 0.6 is 23.8 Å². The molecule has 0 spiro atoms. The second-order valence-corrected chi connectivity index (χ2v) is 10.0. The van der Waals surface area contributed by atoms with Crippen LogP contribution in [0.3, 0.4) is 0 Å². The molecule has 2 aliphatic heterocycles. The molecule has 37 heavy (non-hydrogen) atoms. The molecule has 0 amide bonds. The van der Waals surface area contributed by atoms with Gasteiger partial charge in [-0.3, -0.25) is 15.0 Å². The van der Waals surface area contributed by atoms with Gasteiger partial charge in [-0.2, -0.15) is 0 Å². The Kier molecular flexibility index (Phi) is 8.75. The van der Waals surface area contributed by atoms with Gasteiger partial charge >= 0.3 is 5.97 Å². The Morgan fingerprint density at radius 1 is 1.11 bits per heavy atom. The fourth-order valence-corrected chi connectivity index (χ4v) is 5.62. The Morgan fingerprint density at radius 3 is 2.43 bits per heavy atom. The monoisotopic (exact) mass is 543 g/mol. The number of piperazine rings is 1. The Hall–Kier alpha value is -3.05. The molecule has 1 saturated heterocycles. The summed E-state index contributed by atoms with van der Waals surface area (Å²) in [5, 5.41) is 24.8. The van der Waals surface area contributed by atoms with Crippen LogP contribution in [0.4, 0.5) is 5.69 Å². The Bertz CT molecular complexity index is 1200. The summed E-state index contributed by atoms with van der Waals surface area (Å²) in [4.78, 5) is 29.8. The van der Waals surface area contributed by atoms with E-state index in [2.05, 4.69) is 39.4 Å². The standard InChI is InChI=1S/C26H30ClN5O4S/c1-18-22(25(33)34)24(20-9-5-10-21(23(20)27)32(35)36)31(26(37)28-18)12-6-11-29-13-15-30(16-14-29)17-19-7-3-2-4-8-19/h2-5,7-10,24H,6,11-17H2,1H3,(H,28,37)(H,33,34). The predicted octanol–water partition coefficient (Wildman–Crippen LogP) is 4.05. The number of nitrogens with zero attached hydrogens (tertiary/aromatic N) is 4. The first-order chi connectivity index (χ1) is 17.8. The SMILES string of the molecule is CC1=C(C(=O)O)C(c2cccc([N+](=O)[O-])c2Cl)N(CCCN2CCN(Cc3ccccc3)CC2)C(=S)N1. The number of carbonyl (C=O) groups is 1. The minimum absolute atomic E-state index is 0.0746. The highest BCUT2D eigenvalue weighted by Gasteiger charge is 2.38. The van der Waals surface area contributed by atoms with Gasteiger partial charge in [0.15, 0.2) is 5.11 Å². The lowest BCUT2D eigenvalue weighted by Crippen LogP contribution is -2.50. The summed E-state index contributed by atoms with van der Waals surface area (Å²) in [5.74, 6) is -1.13. The van der Waals surface area contributed by atoms with E-state index in [0.717, 1.165) is 45.7 Å². The second-order valence-electron chi connectivity index (χ2n) is 9.26. The Balaban J connectivity index is 1.44. The minimum Gasteiger partial charge on any atom is -0.478 e. The van der Waals surface area contributed by atoms with Gasteiger partial charge in [0.2, 0.25) is 0 Å². The molecule has 196 valence electrons. The van der Waals surface area contributed by atoms with Crippen molar-refractivity contribution < 1.29 is 14.8 Å². The zero-order valence-electron chi connectivity index (χ0n) is 20.6. The fraction of sp³-hybridized carbons (Fsp3) is 0.385. The van der Waals surface area contributed by atoms with Crippen molar-refractivity contribution in [2.45, 2.75) is 25.9 Å². The van der Waals surface area contributed by atoms with E-state index in [1.165, 1.54) is 17.7 Å². The summed E-state index contributed by atoms with van der Waals surface area (Å²) >= 11 is 12.0. The van der Waals surface area contributed by atoms with E-state index in [1.54, 1.807) is 17.9 Å². The normalized spacial score (nSPS) is 19.1. The quantitative estimate of drug-likeness (QED) is 0.275. The number of nitrogens with one attached hydrogen (secondary N) is 1. The molecule has 0 saturated carbocycles. The first-order valence-corrected chi connectivity index (χ1v) is 13.0. The molecule has 1 atom stereocenters. The van der Waals surface area contributed by atoms with Crippen LogP contribution in [0, 0.1) is 10.1 Å². The van der Waals surface area contributed by atoms with E-state index in [9.17, 15) is 20.0 Å². The molecule has 2 heterocycles. The third-order valence-corrected chi connectivity index (χ3v) is 7.61. The molecule has 1 unspecified atom stereocenters. The van der Waals surface area contributed by atoms with Gasteiger partial charge < -0.3 is 20.2 Å². The van der Waals surface area contributed by atoms with E-state index in [0.29, 0.717) is 22.9 Å². The Labute approximate surface area is 226 Å². The van der Waals surface area contributed by atoms with Crippen molar-refractivity contribution in [2.75, 3.05) is 39.3 Å². The topological polar surface area (TPSA) is 102 Å². The molecule has 2 N–H and O–H groups in total. The molecule has 0 aliphatic carbocycles. The van der Waals surface area contributed by atoms with Crippen LogP contribution in [-0.2, 0) is 11.3 Å². The second kappa shape index (κ2) is 12.0. The lowest BCUT2D eigenvalue weighted by atomic mass is 9.93. The summed E-state index contributed by atoms with van der Waals surface area (Å²) in [6, 6.07) is 14.1. The summed E-state index contributed by atoms with van der Waals surface area (Å²) < 4.78 is 0. The number of halogens is 1. The van der Waals surface area contributed by atoms with E-state index in [4.69, 9.17) is 23.8 Å². The van der Waals surface area contributed by atoms with Crippen molar-refractivity contribution in [3.8, 4) is 0 Å². The number of aliphatic carboxylic acids is 1. The number of hydrogen-bond donors (Lipinski definition) is 2. The minimum atomic E-state index is -1.13. The van der Waals surface area contributed by atoms with Crippen LogP contribution in [0.15, 0.2) is 59.8 Å². The zero-order chi connectivity index (χ0) is 26.5. The molecular weight excluding hydrogens is 514 g/mol. The maximum atomic E-state index is 12.3. The number of nitro groups is 1. The highest BCUT2D eigenvalue weighted by atomic mass is 35.5. The van der Waals surface area contributed by atoms with Crippen molar-refractivity contribution in [3.63, 3.8) is 0 Å². The number of rotatable bonds is 9. The number of allylic oxidation sites excluding steroid dienone is 1. The molecule has 2 aromatic carbocycles. The fourth-order valence-electron chi connectivity index (χ4n) is 4.98. The molecule has 9 nitrogen and oxygen atoms in total. The number of carboxylic acids is 1. The van der Waals surface area contributed by atoms with Gasteiger partial charge in [0, 0.05) is 56.6 Å². The smallest absolute Gasteiger partial charge is 0.335 e. The van der Waals surface area contributed by atoms with Gasteiger partial charge in [-0.1, -0.05) is 54.1 Å². The molecule has 1 fully saturated rings. The van der Waals surface area contributed by atoms with Crippen LogP contribution in [-0.4, -0.2) is 75.1 Å². The van der Waals surface area contributed by atoms with Gasteiger partial charge in [0.25, 0.3) is 5.69 Å². The number of carboxylic acid groups (broad SMARTS) is 1. The average molecular weight is 544 g/mol. The third kappa shape index (κ3) is 6.27. The van der Waals surface area contributed by atoms with Crippen LogP contribution in [0.5, 0.6) is 0 Å². The van der Waals surface area contributed by atoms with Crippen molar-refractivity contribution in [2.24, 2.45) is 0 Å². The van der Waals surface area contributed by atoms with E-state index in [-0.39, 0.29) is 16.3 Å². The number of hydrogen-bond acceptors (Lipinski definition) is 6. The van der Waals surface area contributed by atoms with Crippen molar-refractivity contribution in [3.05, 3.63) is 86.1 Å². The van der Waals surface area contributed by atoms with E-state index >= 15 is 0 Å². The summed E-state index contributed by atoms with van der Waals surface area (Å²) in [5.41, 5.74) is 1.87. The van der Waals surface area contributed by atoms with E-state index < -0.39 is 16.9 Å². The third-order valence-electron chi connectivity index (χ3n) is 6.86. The highest BCUT2D eigenvalue weighted by molar-refractivity contribution is 7.80. The maximum absolute atomic E-state index is 12.3. The average Bonchev–Trinajstić information content (AvgIpc) is 2.86. The molecular formula is C26H30ClN5O4S. The van der Waals surface area contributed by atoms with Crippen molar-refractivity contribution in [1.82, 2.24) is 20.0 Å². The number of thiocarbonyl (C=S) groups is 1. The van der Waals surface area contributed by atoms with Crippen LogP contribution in [0.2, 0.25) is 5.02 Å². The van der Waals surface area contributed by atoms with Crippen molar-refractivity contribution >= 4 is 40.6 Å². The zero-order valence-corrected chi connectivity index (χ0v) is 22.2. The van der Waals surface area contributed by atoms with Gasteiger partial charge in [-0.25, -0.2) is 4.79 Å². The largest absolute Gasteiger partial charge is 0.478 e. The van der Waals surface area contributed by atoms with Crippen LogP contribution in [0.1, 0.15) is 30.5 Å². The first-order valence-electron chi connectivity index (χ1n) is 12.2. The molecule has 0 radical (unpaired) electrons. The molecule has 0 bridgehead atoms. The van der Waals surface area contributed by atoms with Gasteiger partial charge in [-0.05, 0) is 37.7 Å². The molecule has 2 aliphatic rings. The maximum Gasteiger partial charge on any atom is 0.335 e. The van der Waals surface area contributed by atoms with Gasteiger partial charge in [0.1, 0.15) is 5.02 Å². The van der Waals surface area contributed by atoms with Crippen molar-refractivity contribution in [1.29, 1.82) is 0 Å². The number of benzene rings is 2. The molecule has 4 rings (SSSR count). The van der Waals surface area contributed by atoms with E-state index in [1.807, 2.05) is 6.07 Å². The predicted molar refractivity (Wildman–Crippen MR) is 146 cm³/mol. The lowest BCUT2D eigenvalue weighted by Gasteiger charge is -2.40. The van der Waals surface area contributed by atoms with Gasteiger partial charge in [-0.15, -0.1) is 0 Å². The number of nitro benzene ring substituents is 1. The molecule has 11 heteroatoms. The Morgan fingerprint density at radius 2 is 1.78 bits per heavy atom. The summed E-state index contributed by atoms with van der Waals surface area (Å²) in [6.07, 6.45) is 0.746. The summed E-state index contributed by atoms with van der Waals surface area (Å²) in [7, 11) is 0.